The highest BCUT2D eigenvalue weighted by atomic mass is 16.8. The Morgan fingerprint density at radius 2 is 0.912 bits per heavy atom. The molecule has 0 radical (unpaired) electrons. The molecule has 0 bridgehead atoms. The van der Waals surface area contributed by atoms with E-state index in [2.05, 4.69) is 26.6 Å². The van der Waals surface area contributed by atoms with Gasteiger partial charge in [0.05, 0.1) is 39.1 Å². The van der Waals surface area contributed by atoms with Gasteiger partial charge in [0, 0.05) is 52.4 Å². The first-order valence-electron chi connectivity index (χ1n) is 27.3. The maximum absolute atomic E-state index is 13.6. The molecule has 0 aromatic heterocycles. The van der Waals surface area contributed by atoms with Crippen molar-refractivity contribution in [2.45, 2.75) is 219 Å². The molecule has 31 heteroatoms. The van der Waals surface area contributed by atoms with Gasteiger partial charge in [-0.15, -0.1) is 0 Å². The quantitative estimate of drug-likeness (QED) is 0.0266. The van der Waals surface area contributed by atoms with Crippen molar-refractivity contribution in [1.29, 1.82) is 0 Å². The first kappa shape index (κ1) is 69.0. The van der Waals surface area contributed by atoms with Crippen LogP contribution in [0.25, 0.3) is 0 Å². The molecular formula is C49H87N5O26. The number of aliphatic hydroxyl groups excluding tert-OH is 13. The largest absolute Gasteiger partial charge is 0.394 e. The van der Waals surface area contributed by atoms with Crippen LogP contribution in [0.15, 0.2) is 0 Å². The molecule has 18 N–H and O–H groups in total. The number of amides is 5. The van der Waals surface area contributed by atoms with Gasteiger partial charge < -0.3 is 131 Å². The number of unbranched alkanes of at least 4 members (excludes halogenated alkanes) is 5. The van der Waals surface area contributed by atoms with Gasteiger partial charge >= 0.3 is 0 Å². The van der Waals surface area contributed by atoms with Crippen LogP contribution in [0.3, 0.4) is 0 Å². The van der Waals surface area contributed by atoms with E-state index in [1.807, 2.05) is 0 Å². The van der Waals surface area contributed by atoms with Gasteiger partial charge in [0.15, 0.2) is 25.2 Å². The monoisotopic (exact) mass is 1160 g/mol. The lowest BCUT2D eigenvalue weighted by Crippen LogP contribution is -2.65. The van der Waals surface area contributed by atoms with Gasteiger partial charge in [-0.3, -0.25) is 24.0 Å². The Balaban J connectivity index is 1.27. The fourth-order valence-corrected chi connectivity index (χ4v) is 9.09. The van der Waals surface area contributed by atoms with Gasteiger partial charge in [-0.05, 0) is 51.9 Å². The van der Waals surface area contributed by atoms with Crippen LogP contribution < -0.4 is 26.6 Å². The fraction of sp³-hybridized carbons (Fsp3) is 0.898. The van der Waals surface area contributed by atoms with Gasteiger partial charge in [0.25, 0.3) is 0 Å². The number of hydrogen-bond acceptors (Lipinski definition) is 26. The van der Waals surface area contributed by atoms with Crippen molar-refractivity contribution in [2.24, 2.45) is 0 Å². The molecule has 4 saturated heterocycles. The van der Waals surface area contributed by atoms with Crippen LogP contribution in [-0.2, 0) is 61.9 Å². The van der Waals surface area contributed by atoms with Crippen molar-refractivity contribution in [1.82, 2.24) is 26.6 Å². The standard InChI is InChI=1S/C49H87N5O26/c1-24-33(61)37(65)40(68)46(76-24)73-19-17-52-31(59)14-8-7-13-30(58)51-16-10-9-11-25(54-32(60)15-6-4-3-5-12-29(57)50-2)45(72)53-18-20-74-48-43(71)44(80-49-42(70)39(67)35(63)27(22-56)78-49)36(64)28(79-48)23-75-47-41(69)38(66)34(62)26(21-55)77-47/h24-28,33-44,46-49,55-56,61-71H,3-23H2,1-2H3,(H,50,57)(H,51,58)(H,52,59)(H,53,72)(H,54,60)/t24-,25-,26+,27+,28+,33+,34+,35+,36+,37+,38-,39-,40-,41-,42-,43-,44-,46+,47-,48-,49+/m0/s1. The molecule has 4 fully saturated rings. The molecule has 4 heterocycles. The van der Waals surface area contributed by atoms with Crippen LogP contribution in [-0.4, -0.2) is 285 Å². The number of aliphatic hydroxyl groups is 13. The van der Waals surface area contributed by atoms with Crippen LogP contribution in [0.2, 0.25) is 0 Å². The van der Waals surface area contributed by atoms with E-state index in [1.54, 1.807) is 7.05 Å². The summed E-state index contributed by atoms with van der Waals surface area (Å²) in [6.07, 6.45) is -27.4. The minimum absolute atomic E-state index is 0.0297. The maximum Gasteiger partial charge on any atom is 0.242 e. The van der Waals surface area contributed by atoms with E-state index in [-0.39, 0.29) is 76.3 Å². The number of hydrogen-bond donors (Lipinski definition) is 18. The lowest BCUT2D eigenvalue weighted by atomic mass is 9.96. The molecule has 5 amide bonds. The first-order chi connectivity index (χ1) is 38.1. The molecule has 31 nitrogen and oxygen atoms in total. The molecule has 4 aliphatic heterocycles. The number of carbonyl (C=O) groups excluding carboxylic acids is 5. The van der Waals surface area contributed by atoms with Gasteiger partial charge in [0.2, 0.25) is 29.5 Å². The topological polar surface area (TPSA) is 482 Å². The van der Waals surface area contributed by atoms with E-state index in [0.29, 0.717) is 57.8 Å². The van der Waals surface area contributed by atoms with Crippen molar-refractivity contribution in [3.63, 3.8) is 0 Å². The summed E-state index contributed by atoms with van der Waals surface area (Å²) in [5.74, 6) is -1.66. The summed E-state index contributed by atoms with van der Waals surface area (Å²) in [6.45, 7) is -1.12. The molecule has 80 heavy (non-hydrogen) atoms. The van der Waals surface area contributed by atoms with Crippen molar-refractivity contribution in [2.75, 3.05) is 59.7 Å². The van der Waals surface area contributed by atoms with Crippen molar-refractivity contribution in [3.8, 4) is 0 Å². The minimum Gasteiger partial charge on any atom is -0.394 e. The minimum atomic E-state index is -1.97. The number of ether oxygens (including phenoxy) is 8. The van der Waals surface area contributed by atoms with Crippen LogP contribution in [0.4, 0.5) is 0 Å². The average Bonchev–Trinajstić information content (AvgIpc) is 3.44. The summed E-state index contributed by atoms with van der Waals surface area (Å²) in [5, 5.41) is 148. The SMILES string of the molecule is CNC(=O)CCCCCCC(=O)N[C@@H](CCCCNC(=O)CCCCC(=O)NCCO[C@@H]1O[C@@H](C)[C@@H](O)[C@@H](O)[C@@H]1O)C(=O)NCCO[C@H]1O[C@H](CO[C@H]2O[C@H](CO)[C@@H](O)[C@H](O)[C@@H]2O)[C@@H](O)[C@H](O[C@H]2O[C@H](CO)[C@@H](O)[C@H](O)[C@@H]2O)[C@@H]1O. The smallest absolute Gasteiger partial charge is 0.242 e. The Morgan fingerprint density at radius 3 is 1.49 bits per heavy atom. The zero-order valence-electron chi connectivity index (χ0n) is 45.1. The third kappa shape index (κ3) is 21.3. The van der Waals surface area contributed by atoms with E-state index < -0.39 is 161 Å². The van der Waals surface area contributed by atoms with Crippen LogP contribution >= 0.6 is 0 Å². The Bertz CT molecular complexity index is 1850. The van der Waals surface area contributed by atoms with Crippen molar-refractivity contribution >= 4 is 29.5 Å². The molecule has 21 atom stereocenters. The second-order valence-electron chi connectivity index (χ2n) is 20.2. The predicted molar refractivity (Wildman–Crippen MR) is 268 cm³/mol. The summed E-state index contributed by atoms with van der Waals surface area (Å²) in [4.78, 5) is 63.1. The Kier molecular flexibility index (Phi) is 30.7. The summed E-state index contributed by atoms with van der Waals surface area (Å²) in [5.41, 5.74) is 0. The predicted octanol–water partition coefficient (Wildman–Crippen LogP) is -8.05. The van der Waals surface area contributed by atoms with Crippen LogP contribution in [0.1, 0.15) is 90.4 Å². The summed E-state index contributed by atoms with van der Waals surface area (Å²) in [7, 11) is 1.54. The van der Waals surface area contributed by atoms with Gasteiger partial charge in [-0.25, -0.2) is 0 Å². The Hall–Kier alpha value is -3.49. The third-order valence-electron chi connectivity index (χ3n) is 14.0. The van der Waals surface area contributed by atoms with Crippen LogP contribution in [0, 0.1) is 0 Å². The average molecular weight is 1160 g/mol. The second-order valence-corrected chi connectivity index (χ2v) is 20.2. The molecule has 464 valence electrons. The molecule has 4 aliphatic rings. The van der Waals surface area contributed by atoms with Gasteiger partial charge in [-0.1, -0.05) is 12.8 Å². The maximum atomic E-state index is 13.6. The van der Waals surface area contributed by atoms with Gasteiger partial charge in [0.1, 0.15) is 97.6 Å². The molecule has 0 aliphatic carbocycles. The molecular weight excluding hydrogens is 1070 g/mol. The van der Waals surface area contributed by atoms with E-state index in [4.69, 9.17) is 37.9 Å². The van der Waals surface area contributed by atoms with E-state index in [1.165, 1.54) is 6.92 Å². The molecule has 4 rings (SSSR count). The summed E-state index contributed by atoms with van der Waals surface area (Å²) in [6, 6.07) is -1.05. The molecule has 0 unspecified atom stereocenters. The third-order valence-corrected chi connectivity index (χ3v) is 14.0. The van der Waals surface area contributed by atoms with E-state index in [0.717, 1.165) is 0 Å². The van der Waals surface area contributed by atoms with E-state index in [9.17, 15) is 90.4 Å². The molecule has 0 aromatic rings. The summed E-state index contributed by atoms with van der Waals surface area (Å²) >= 11 is 0. The van der Waals surface area contributed by atoms with Crippen molar-refractivity contribution < 1.29 is 128 Å². The summed E-state index contributed by atoms with van der Waals surface area (Å²) < 4.78 is 44.4. The van der Waals surface area contributed by atoms with Crippen LogP contribution in [0.5, 0.6) is 0 Å². The highest BCUT2D eigenvalue weighted by Gasteiger charge is 2.52. The number of nitrogens with one attached hydrogen (secondary N) is 5. The fourth-order valence-electron chi connectivity index (χ4n) is 9.09. The Labute approximate surface area is 462 Å². The molecule has 0 aromatic carbocycles. The van der Waals surface area contributed by atoms with Gasteiger partial charge in [-0.2, -0.15) is 0 Å². The number of carbonyl (C=O) groups is 5. The number of rotatable bonds is 34. The lowest BCUT2D eigenvalue weighted by Gasteiger charge is -2.46. The lowest BCUT2D eigenvalue weighted by molar-refractivity contribution is -0.366. The molecule has 0 spiro atoms. The van der Waals surface area contributed by atoms with Crippen molar-refractivity contribution in [3.05, 3.63) is 0 Å². The highest BCUT2D eigenvalue weighted by molar-refractivity contribution is 5.87. The zero-order valence-corrected chi connectivity index (χ0v) is 45.1. The first-order valence-corrected chi connectivity index (χ1v) is 27.3. The van der Waals surface area contributed by atoms with E-state index >= 15 is 0 Å². The Morgan fingerprint density at radius 1 is 0.450 bits per heavy atom. The molecule has 0 saturated carbocycles. The highest BCUT2D eigenvalue weighted by Crippen LogP contribution is 2.31. The normalized spacial score (nSPS) is 34.9. The second kappa shape index (κ2) is 35.6. The zero-order chi connectivity index (χ0) is 59.1.